The molecule has 4 N–H and O–H groups in total. The van der Waals surface area contributed by atoms with Crippen LogP contribution in [0.3, 0.4) is 0 Å². The summed E-state index contributed by atoms with van der Waals surface area (Å²) in [5.41, 5.74) is 1.28. The lowest BCUT2D eigenvalue weighted by Crippen LogP contribution is -2.35. The van der Waals surface area contributed by atoms with Crippen molar-refractivity contribution in [3.05, 3.63) is 59.7 Å². The van der Waals surface area contributed by atoms with Gasteiger partial charge in [0.25, 0.3) is 11.8 Å². The van der Waals surface area contributed by atoms with E-state index in [1.807, 2.05) is 0 Å². The minimum absolute atomic E-state index is 0.00164. The minimum atomic E-state index is -0.375. The van der Waals surface area contributed by atoms with E-state index in [0.717, 1.165) is 0 Å². The van der Waals surface area contributed by atoms with Gasteiger partial charge in [-0.05, 0) is 55.0 Å². The summed E-state index contributed by atoms with van der Waals surface area (Å²) in [7, 11) is 1.55. The molecule has 2 amide bonds. The lowest BCUT2D eigenvalue weighted by atomic mass is 10.1. The van der Waals surface area contributed by atoms with Gasteiger partial charge in [-0.3, -0.25) is 14.9 Å². The smallest absolute Gasteiger partial charge is 0.257 e. The zero-order valence-corrected chi connectivity index (χ0v) is 15.6. The summed E-state index contributed by atoms with van der Waals surface area (Å²) in [6.45, 7) is 0.365. The van der Waals surface area contributed by atoms with Gasteiger partial charge in [0.2, 0.25) is 0 Å². The van der Waals surface area contributed by atoms with E-state index in [2.05, 4.69) is 16.0 Å². The number of thiocarbonyl (C=S) groups is 1. The number of carbonyl (C=O) groups excluding carboxylic acids is 2. The summed E-state index contributed by atoms with van der Waals surface area (Å²) in [5.74, 6) is -0.0238. The molecule has 0 atom stereocenters. The van der Waals surface area contributed by atoms with E-state index in [0.29, 0.717) is 35.5 Å². The molecular formula is C19H21N3O4S. The van der Waals surface area contributed by atoms with Crippen LogP contribution in [0.2, 0.25) is 0 Å². The second-order valence-electron chi connectivity index (χ2n) is 5.52. The third-order valence-electron chi connectivity index (χ3n) is 3.62. The van der Waals surface area contributed by atoms with Crippen LogP contribution >= 0.6 is 12.2 Å². The third-order valence-corrected chi connectivity index (χ3v) is 3.82. The van der Waals surface area contributed by atoms with Crippen LogP contribution in [0.15, 0.2) is 48.5 Å². The number of benzene rings is 2. The number of carbonyl (C=O) groups is 2. The monoisotopic (exact) mass is 387 g/mol. The van der Waals surface area contributed by atoms with Crippen LogP contribution in [-0.2, 0) is 0 Å². The molecular weight excluding hydrogens is 366 g/mol. The highest BCUT2D eigenvalue weighted by molar-refractivity contribution is 7.80. The van der Waals surface area contributed by atoms with Crippen molar-refractivity contribution in [2.24, 2.45) is 0 Å². The zero-order chi connectivity index (χ0) is 19.6. The van der Waals surface area contributed by atoms with Gasteiger partial charge in [0, 0.05) is 18.7 Å². The van der Waals surface area contributed by atoms with Crippen molar-refractivity contribution in [1.82, 2.24) is 10.6 Å². The average Bonchev–Trinajstić information content (AvgIpc) is 2.68. The Morgan fingerprint density at radius 1 is 1.07 bits per heavy atom. The fourth-order valence-corrected chi connectivity index (χ4v) is 2.44. The quantitative estimate of drug-likeness (QED) is 0.428. The van der Waals surface area contributed by atoms with Gasteiger partial charge in [-0.15, -0.1) is 0 Å². The molecule has 142 valence electrons. The molecule has 0 fully saturated rings. The molecule has 0 aliphatic carbocycles. The first-order valence-corrected chi connectivity index (χ1v) is 8.70. The van der Waals surface area contributed by atoms with E-state index < -0.39 is 0 Å². The predicted molar refractivity (Wildman–Crippen MR) is 107 cm³/mol. The maximum atomic E-state index is 12.3. The molecule has 0 radical (unpaired) electrons. The first kappa shape index (κ1) is 20.3. The molecule has 0 saturated heterocycles. The Morgan fingerprint density at radius 2 is 1.78 bits per heavy atom. The van der Waals surface area contributed by atoms with Crippen LogP contribution in [0.1, 0.15) is 27.1 Å². The van der Waals surface area contributed by atoms with Crippen molar-refractivity contribution in [2.45, 2.75) is 6.42 Å². The van der Waals surface area contributed by atoms with E-state index in [-0.39, 0.29) is 23.5 Å². The number of ether oxygens (including phenoxy) is 1. The molecule has 8 heteroatoms. The number of aliphatic hydroxyl groups excluding tert-OH is 1. The van der Waals surface area contributed by atoms with Crippen LogP contribution in [0.4, 0.5) is 5.69 Å². The molecule has 0 unspecified atom stereocenters. The topological polar surface area (TPSA) is 99.7 Å². The van der Waals surface area contributed by atoms with Gasteiger partial charge in [0.05, 0.1) is 18.4 Å². The maximum absolute atomic E-state index is 12.3. The van der Waals surface area contributed by atoms with Crippen molar-refractivity contribution in [3.8, 4) is 5.75 Å². The summed E-state index contributed by atoms with van der Waals surface area (Å²) in [5, 5.41) is 17.0. The first-order valence-electron chi connectivity index (χ1n) is 8.29. The number of rotatable bonds is 7. The van der Waals surface area contributed by atoms with E-state index in [1.54, 1.807) is 55.6 Å². The number of hydrogen-bond acceptors (Lipinski definition) is 5. The third kappa shape index (κ3) is 6.05. The summed E-state index contributed by atoms with van der Waals surface area (Å²) in [6, 6.07) is 13.4. The van der Waals surface area contributed by atoms with Crippen molar-refractivity contribution in [2.75, 3.05) is 25.6 Å². The molecule has 0 aliphatic heterocycles. The standard InChI is InChI=1S/C19H21N3O4S/c1-26-14-9-7-13(8-10-14)17(24)22-19(27)21-16-6-3-2-5-15(16)18(25)20-11-4-12-23/h2-3,5-10,23H,4,11-12H2,1H3,(H,20,25)(H2,21,22,24,27). The normalized spacial score (nSPS) is 10.0. The molecule has 0 aromatic heterocycles. The molecule has 0 saturated carbocycles. The minimum Gasteiger partial charge on any atom is -0.497 e. The number of methoxy groups -OCH3 is 1. The highest BCUT2D eigenvalue weighted by atomic mass is 32.1. The number of aliphatic hydroxyl groups is 1. The maximum Gasteiger partial charge on any atom is 0.257 e. The van der Waals surface area contributed by atoms with Crippen LogP contribution in [0.25, 0.3) is 0 Å². The number of anilines is 1. The molecule has 0 spiro atoms. The number of hydrogen-bond donors (Lipinski definition) is 4. The second kappa shape index (κ2) is 10.2. The van der Waals surface area contributed by atoms with Crippen LogP contribution in [0, 0.1) is 0 Å². The zero-order valence-electron chi connectivity index (χ0n) is 14.8. The average molecular weight is 387 g/mol. The molecule has 2 aromatic rings. The Balaban J connectivity index is 2.00. The van der Waals surface area contributed by atoms with Gasteiger partial charge in [0.1, 0.15) is 5.75 Å². The summed E-state index contributed by atoms with van der Waals surface area (Å²) >= 11 is 5.18. The second-order valence-corrected chi connectivity index (χ2v) is 5.92. The molecule has 0 heterocycles. The summed E-state index contributed by atoms with van der Waals surface area (Å²) in [6.07, 6.45) is 0.470. The Morgan fingerprint density at radius 3 is 2.44 bits per heavy atom. The van der Waals surface area contributed by atoms with Gasteiger partial charge in [-0.2, -0.15) is 0 Å². The van der Waals surface area contributed by atoms with Crippen molar-refractivity contribution >= 4 is 34.8 Å². The first-order chi connectivity index (χ1) is 13.0. The van der Waals surface area contributed by atoms with Crippen LogP contribution < -0.4 is 20.7 Å². The van der Waals surface area contributed by atoms with E-state index in [1.165, 1.54) is 0 Å². The van der Waals surface area contributed by atoms with Crippen molar-refractivity contribution < 1.29 is 19.4 Å². The fraction of sp³-hybridized carbons (Fsp3) is 0.211. The van der Waals surface area contributed by atoms with Crippen molar-refractivity contribution in [1.29, 1.82) is 0 Å². The lowest BCUT2D eigenvalue weighted by molar-refractivity contribution is 0.0950. The van der Waals surface area contributed by atoms with Gasteiger partial charge >= 0.3 is 0 Å². The van der Waals surface area contributed by atoms with Gasteiger partial charge < -0.3 is 20.5 Å². The van der Waals surface area contributed by atoms with E-state index >= 15 is 0 Å². The lowest BCUT2D eigenvalue weighted by Gasteiger charge is -2.13. The SMILES string of the molecule is COc1ccc(C(=O)NC(=S)Nc2ccccc2C(=O)NCCCO)cc1. The van der Waals surface area contributed by atoms with E-state index in [9.17, 15) is 9.59 Å². The Kier molecular flexibility index (Phi) is 7.72. The van der Waals surface area contributed by atoms with Crippen molar-refractivity contribution in [3.63, 3.8) is 0 Å². The van der Waals surface area contributed by atoms with Crippen LogP contribution in [0.5, 0.6) is 5.75 Å². The predicted octanol–water partition coefficient (Wildman–Crippen LogP) is 1.93. The van der Waals surface area contributed by atoms with E-state index in [4.69, 9.17) is 22.1 Å². The summed E-state index contributed by atoms with van der Waals surface area (Å²) < 4.78 is 5.06. The number of para-hydroxylation sites is 1. The Hall–Kier alpha value is -2.97. The summed E-state index contributed by atoms with van der Waals surface area (Å²) in [4.78, 5) is 24.5. The molecule has 0 bridgehead atoms. The molecule has 27 heavy (non-hydrogen) atoms. The number of nitrogens with one attached hydrogen (secondary N) is 3. The highest BCUT2D eigenvalue weighted by Crippen LogP contribution is 2.15. The van der Waals surface area contributed by atoms with Gasteiger partial charge in [-0.25, -0.2) is 0 Å². The Labute approximate surface area is 162 Å². The van der Waals surface area contributed by atoms with Crippen LogP contribution in [-0.4, -0.2) is 42.3 Å². The molecule has 2 aromatic carbocycles. The largest absolute Gasteiger partial charge is 0.497 e. The fourth-order valence-electron chi connectivity index (χ4n) is 2.24. The Bertz CT molecular complexity index is 809. The number of amides is 2. The highest BCUT2D eigenvalue weighted by Gasteiger charge is 2.13. The van der Waals surface area contributed by atoms with Gasteiger partial charge in [-0.1, -0.05) is 12.1 Å². The molecule has 2 rings (SSSR count). The molecule has 7 nitrogen and oxygen atoms in total. The van der Waals surface area contributed by atoms with Gasteiger partial charge in [0.15, 0.2) is 5.11 Å². The molecule has 0 aliphatic rings.